The van der Waals surface area contributed by atoms with Gasteiger partial charge in [0, 0.05) is 24.8 Å². The Morgan fingerprint density at radius 2 is 1.58 bits per heavy atom. The van der Waals surface area contributed by atoms with E-state index in [1.54, 1.807) is 6.07 Å². The minimum absolute atomic E-state index is 0.363. The molecule has 0 radical (unpaired) electrons. The van der Waals surface area contributed by atoms with Crippen LogP contribution in [0, 0.1) is 20.8 Å². The second-order valence-electron chi connectivity index (χ2n) is 5.28. The van der Waals surface area contributed by atoms with Crippen molar-refractivity contribution < 1.29 is 5.11 Å². The van der Waals surface area contributed by atoms with Crippen molar-refractivity contribution in [1.29, 1.82) is 0 Å². The lowest BCUT2D eigenvalue weighted by molar-refractivity contribution is 0.467. The largest absolute Gasteiger partial charge is 0.508 e. The van der Waals surface area contributed by atoms with Crippen LogP contribution in [0.5, 0.6) is 5.75 Å². The quantitative estimate of drug-likeness (QED) is 0.897. The van der Waals surface area contributed by atoms with Gasteiger partial charge in [-0.1, -0.05) is 35.4 Å². The number of aryl methyl sites for hydroxylation is 3. The summed E-state index contributed by atoms with van der Waals surface area (Å²) in [6, 6.07) is 12.2. The molecule has 0 fully saturated rings. The molecule has 2 rings (SSSR count). The summed E-state index contributed by atoms with van der Waals surface area (Å²) in [5, 5.41) is 9.92. The number of nitrogens with zero attached hydrogens (tertiary/aromatic N) is 1. The van der Waals surface area contributed by atoms with Gasteiger partial charge in [-0.15, -0.1) is 0 Å². The summed E-state index contributed by atoms with van der Waals surface area (Å²) in [5.41, 5.74) is 5.86. The zero-order valence-corrected chi connectivity index (χ0v) is 12.1. The summed E-state index contributed by atoms with van der Waals surface area (Å²) in [6.07, 6.45) is 0. The molecular formula is C17H21NO. The van der Waals surface area contributed by atoms with E-state index in [4.69, 9.17) is 0 Å². The van der Waals surface area contributed by atoms with Gasteiger partial charge in [0.15, 0.2) is 0 Å². The Morgan fingerprint density at radius 3 is 2.26 bits per heavy atom. The van der Waals surface area contributed by atoms with Crippen molar-refractivity contribution >= 4 is 5.69 Å². The molecule has 0 unspecified atom stereocenters. The molecule has 1 N–H and O–H groups in total. The third kappa shape index (κ3) is 3.08. The molecule has 0 saturated carbocycles. The highest BCUT2D eigenvalue weighted by molar-refractivity contribution is 5.54. The zero-order valence-electron chi connectivity index (χ0n) is 12.1. The number of benzene rings is 2. The zero-order chi connectivity index (χ0) is 14.0. The maximum Gasteiger partial charge on any atom is 0.120 e. The minimum Gasteiger partial charge on any atom is -0.508 e. The molecule has 100 valence electrons. The van der Waals surface area contributed by atoms with Crippen molar-refractivity contribution in [2.24, 2.45) is 0 Å². The van der Waals surface area contributed by atoms with Gasteiger partial charge >= 0.3 is 0 Å². The number of hydrogen-bond donors (Lipinski definition) is 1. The fourth-order valence-electron chi connectivity index (χ4n) is 2.42. The van der Waals surface area contributed by atoms with Crippen LogP contribution < -0.4 is 4.90 Å². The maximum absolute atomic E-state index is 9.92. The summed E-state index contributed by atoms with van der Waals surface area (Å²) in [5.74, 6) is 0.363. The summed E-state index contributed by atoms with van der Waals surface area (Å²) in [7, 11) is 2.06. The molecule has 0 amide bonds. The molecule has 2 aromatic carbocycles. The van der Waals surface area contributed by atoms with Gasteiger partial charge < -0.3 is 10.0 Å². The van der Waals surface area contributed by atoms with Gasteiger partial charge in [-0.25, -0.2) is 0 Å². The van der Waals surface area contributed by atoms with Crippen molar-refractivity contribution in [2.75, 3.05) is 11.9 Å². The summed E-state index contributed by atoms with van der Waals surface area (Å²) in [4.78, 5) is 2.17. The van der Waals surface area contributed by atoms with Crippen molar-refractivity contribution in [2.45, 2.75) is 27.3 Å². The van der Waals surface area contributed by atoms with E-state index < -0.39 is 0 Å². The number of anilines is 1. The molecule has 0 bridgehead atoms. The van der Waals surface area contributed by atoms with Crippen LogP contribution in [0.4, 0.5) is 5.69 Å². The summed E-state index contributed by atoms with van der Waals surface area (Å²) in [6.45, 7) is 6.97. The Balaban J connectivity index is 2.25. The van der Waals surface area contributed by atoms with Gasteiger partial charge in [-0.3, -0.25) is 0 Å². The summed E-state index contributed by atoms with van der Waals surface area (Å²) >= 11 is 0. The van der Waals surface area contributed by atoms with Gasteiger partial charge in [-0.2, -0.15) is 0 Å². The maximum atomic E-state index is 9.92. The van der Waals surface area contributed by atoms with Gasteiger partial charge in [0.1, 0.15) is 5.75 Å². The normalized spacial score (nSPS) is 10.5. The second kappa shape index (κ2) is 5.35. The average molecular weight is 255 g/mol. The molecule has 0 atom stereocenters. The number of phenolic OH excluding ortho intramolecular Hbond substituents is 1. The van der Waals surface area contributed by atoms with Crippen LogP contribution in [0.2, 0.25) is 0 Å². The summed E-state index contributed by atoms with van der Waals surface area (Å²) < 4.78 is 0. The smallest absolute Gasteiger partial charge is 0.120 e. The lowest BCUT2D eigenvalue weighted by atomic mass is 10.1. The monoisotopic (exact) mass is 255 g/mol. The SMILES string of the molecule is Cc1ccc(N(C)Cc2cc(C)ccc2O)c(C)c1. The lowest BCUT2D eigenvalue weighted by Gasteiger charge is -2.22. The average Bonchev–Trinajstić information content (AvgIpc) is 2.33. The molecule has 0 aliphatic carbocycles. The highest BCUT2D eigenvalue weighted by atomic mass is 16.3. The molecule has 0 aliphatic heterocycles. The van der Waals surface area contributed by atoms with Crippen LogP contribution in [-0.4, -0.2) is 12.2 Å². The van der Waals surface area contributed by atoms with E-state index in [1.807, 2.05) is 19.1 Å². The van der Waals surface area contributed by atoms with Crippen molar-refractivity contribution in [3.05, 3.63) is 58.7 Å². The molecule has 0 spiro atoms. The number of phenols is 1. The van der Waals surface area contributed by atoms with Gasteiger partial charge in [0.25, 0.3) is 0 Å². The minimum atomic E-state index is 0.363. The van der Waals surface area contributed by atoms with E-state index in [0.29, 0.717) is 12.3 Å². The Kier molecular flexibility index (Phi) is 3.79. The number of rotatable bonds is 3. The molecule has 0 heterocycles. The number of hydrogen-bond acceptors (Lipinski definition) is 2. The highest BCUT2D eigenvalue weighted by Crippen LogP contribution is 2.25. The topological polar surface area (TPSA) is 23.5 Å². The Morgan fingerprint density at radius 1 is 0.947 bits per heavy atom. The molecule has 2 nitrogen and oxygen atoms in total. The van der Waals surface area contributed by atoms with E-state index >= 15 is 0 Å². The molecule has 0 aromatic heterocycles. The standard InChI is InChI=1S/C17H21NO/c1-12-5-7-16(14(3)9-12)18(4)11-15-10-13(2)6-8-17(15)19/h5-10,19H,11H2,1-4H3. The van der Waals surface area contributed by atoms with E-state index in [-0.39, 0.29) is 0 Å². The second-order valence-corrected chi connectivity index (χ2v) is 5.28. The van der Waals surface area contributed by atoms with Gasteiger partial charge in [0.05, 0.1) is 0 Å². The van der Waals surface area contributed by atoms with Crippen LogP contribution in [-0.2, 0) is 6.54 Å². The first-order valence-corrected chi connectivity index (χ1v) is 6.54. The Hall–Kier alpha value is -1.96. The van der Waals surface area contributed by atoms with Crippen LogP contribution in [0.15, 0.2) is 36.4 Å². The van der Waals surface area contributed by atoms with Crippen molar-refractivity contribution in [3.63, 3.8) is 0 Å². The first kappa shape index (κ1) is 13.5. The third-order valence-corrected chi connectivity index (χ3v) is 3.41. The van der Waals surface area contributed by atoms with E-state index in [9.17, 15) is 5.11 Å². The van der Waals surface area contributed by atoms with Crippen molar-refractivity contribution in [3.8, 4) is 5.75 Å². The molecule has 2 aromatic rings. The van der Waals surface area contributed by atoms with Crippen LogP contribution >= 0.6 is 0 Å². The van der Waals surface area contributed by atoms with Crippen LogP contribution in [0.3, 0.4) is 0 Å². The molecular weight excluding hydrogens is 234 g/mol. The first-order chi connectivity index (χ1) is 8.97. The molecule has 0 saturated heterocycles. The third-order valence-electron chi connectivity index (χ3n) is 3.41. The predicted molar refractivity (Wildman–Crippen MR) is 80.9 cm³/mol. The van der Waals surface area contributed by atoms with Gasteiger partial charge in [-0.05, 0) is 38.5 Å². The first-order valence-electron chi connectivity index (χ1n) is 6.54. The molecule has 19 heavy (non-hydrogen) atoms. The molecule has 0 aliphatic rings. The predicted octanol–water partition coefficient (Wildman–Crippen LogP) is 3.95. The lowest BCUT2D eigenvalue weighted by Crippen LogP contribution is -2.17. The van der Waals surface area contributed by atoms with E-state index in [2.05, 4.69) is 44.0 Å². The fraction of sp³-hybridized carbons (Fsp3) is 0.294. The van der Waals surface area contributed by atoms with E-state index in [1.165, 1.54) is 22.4 Å². The fourth-order valence-corrected chi connectivity index (χ4v) is 2.42. The Bertz CT molecular complexity index is 590. The number of aromatic hydroxyl groups is 1. The van der Waals surface area contributed by atoms with Crippen LogP contribution in [0.1, 0.15) is 22.3 Å². The van der Waals surface area contributed by atoms with Gasteiger partial charge in [0.2, 0.25) is 0 Å². The molecule has 2 heteroatoms. The van der Waals surface area contributed by atoms with Crippen molar-refractivity contribution in [1.82, 2.24) is 0 Å². The highest BCUT2D eigenvalue weighted by Gasteiger charge is 2.08. The van der Waals surface area contributed by atoms with E-state index in [0.717, 1.165) is 5.56 Å². The van der Waals surface area contributed by atoms with Crippen LogP contribution in [0.25, 0.3) is 0 Å². The Labute approximate surface area is 115 Å².